The van der Waals surface area contributed by atoms with E-state index >= 15 is 0 Å². The van der Waals surface area contributed by atoms with E-state index < -0.39 is 0 Å². The Kier molecular flexibility index (Phi) is 1.09. The molecule has 0 spiro atoms. The smallest absolute Gasteiger partial charge is 0.186 e. The normalized spacial score (nSPS) is 21.6. The van der Waals surface area contributed by atoms with E-state index in [0.717, 1.165) is 11.9 Å². The van der Waals surface area contributed by atoms with Gasteiger partial charge in [-0.1, -0.05) is 4.52 Å². The first-order valence-electron chi connectivity index (χ1n) is 1.67. The second kappa shape index (κ2) is 1.61. The van der Waals surface area contributed by atoms with Gasteiger partial charge in [0.1, 0.15) is 0 Å². The van der Waals surface area contributed by atoms with Crippen molar-refractivity contribution in [2.24, 2.45) is 5.84 Å². The average molecular weight is 119 g/mol. The minimum atomic E-state index is 0.183. The van der Waals surface area contributed by atoms with Crippen molar-refractivity contribution in [3.8, 4) is 0 Å². The number of aliphatic hydroxyl groups excluding tert-OH is 1. The SMILES string of the molecule is NN1NC=C(O)S1. The standard InChI is InChI=1S/C2H5N3OS/c3-5-4-1-2(6)7-5/h1,4,6H,3H2. The summed E-state index contributed by atoms with van der Waals surface area (Å²) in [4.78, 5) is 0. The third-order valence-electron chi connectivity index (χ3n) is 0.507. The van der Waals surface area contributed by atoms with Crippen molar-refractivity contribution in [2.45, 2.75) is 0 Å². The largest absolute Gasteiger partial charge is 0.500 e. The predicted octanol–water partition coefficient (Wildman–Crippen LogP) is -0.315. The van der Waals surface area contributed by atoms with Crippen molar-refractivity contribution in [2.75, 3.05) is 0 Å². The lowest BCUT2D eigenvalue weighted by Gasteiger charge is -2.01. The van der Waals surface area contributed by atoms with Crippen molar-refractivity contribution >= 4 is 11.9 Å². The number of hydrogen-bond donors (Lipinski definition) is 3. The van der Waals surface area contributed by atoms with E-state index in [-0.39, 0.29) is 5.09 Å². The van der Waals surface area contributed by atoms with E-state index in [9.17, 15) is 0 Å². The van der Waals surface area contributed by atoms with Gasteiger partial charge in [-0.3, -0.25) is 5.43 Å². The van der Waals surface area contributed by atoms with Crippen LogP contribution in [0.5, 0.6) is 0 Å². The number of nitrogens with two attached hydrogens (primary N) is 1. The first-order chi connectivity index (χ1) is 3.29. The van der Waals surface area contributed by atoms with Gasteiger partial charge in [0.15, 0.2) is 5.09 Å². The summed E-state index contributed by atoms with van der Waals surface area (Å²) >= 11 is 1.04. The highest BCUT2D eigenvalue weighted by Crippen LogP contribution is 2.16. The van der Waals surface area contributed by atoms with Crippen LogP contribution in [-0.2, 0) is 0 Å². The predicted molar refractivity (Wildman–Crippen MR) is 27.5 cm³/mol. The first kappa shape index (κ1) is 4.76. The van der Waals surface area contributed by atoms with E-state index in [2.05, 4.69) is 5.43 Å². The molecular weight excluding hydrogens is 114 g/mol. The highest BCUT2D eigenvalue weighted by Gasteiger charge is 2.07. The van der Waals surface area contributed by atoms with Crippen LogP contribution >= 0.6 is 11.9 Å². The van der Waals surface area contributed by atoms with Crippen LogP contribution in [0.25, 0.3) is 0 Å². The molecule has 5 heteroatoms. The van der Waals surface area contributed by atoms with Gasteiger partial charge in [0.25, 0.3) is 0 Å². The van der Waals surface area contributed by atoms with Gasteiger partial charge in [0.05, 0.1) is 6.20 Å². The molecule has 0 unspecified atom stereocenters. The summed E-state index contributed by atoms with van der Waals surface area (Å²) in [6.07, 6.45) is 1.41. The van der Waals surface area contributed by atoms with Gasteiger partial charge >= 0.3 is 0 Å². The quantitative estimate of drug-likeness (QED) is 0.301. The van der Waals surface area contributed by atoms with Crippen molar-refractivity contribution in [3.05, 3.63) is 11.3 Å². The Morgan fingerprint density at radius 3 is 2.86 bits per heavy atom. The number of hydrogen-bond acceptors (Lipinski definition) is 5. The zero-order chi connectivity index (χ0) is 5.28. The summed E-state index contributed by atoms with van der Waals surface area (Å²) in [5.74, 6) is 5.10. The zero-order valence-electron chi connectivity index (χ0n) is 3.46. The Balaban J connectivity index is 2.42. The van der Waals surface area contributed by atoms with Crippen LogP contribution in [0.15, 0.2) is 11.3 Å². The zero-order valence-corrected chi connectivity index (χ0v) is 4.27. The summed E-state index contributed by atoms with van der Waals surface area (Å²) < 4.78 is 1.20. The van der Waals surface area contributed by atoms with E-state index in [0.29, 0.717) is 0 Å². The molecule has 1 heterocycles. The van der Waals surface area contributed by atoms with Gasteiger partial charge in [-0.2, -0.15) is 0 Å². The molecule has 0 aromatic carbocycles. The summed E-state index contributed by atoms with van der Waals surface area (Å²) in [7, 11) is 0. The van der Waals surface area contributed by atoms with Crippen LogP contribution in [0.4, 0.5) is 0 Å². The van der Waals surface area contributed by atoms with Gasteiger partial charge in [-0.05, 0) is 0 Å². The van der Waals surface area contributed by atoms with E-state index in [4.69, 9.17) is 10.9 Å². The molecule has 0 amide bonds. The molecule has 1 aliphatic rings. The maximum atomic E-state index is 8.54. The van der Waals surface area contributed by atoms with Crippen LogP contribution in [0.1, 0.15) is 0 Å². The summed E-state index contributed by atoms with van der Waals surface area (Å²) in [5, 5.41) is 8.72. The molecule has 0 aromatic heterocycles. The molecule has 4 N–H and O–H groups in total. The third-order valence-corrected chi connectivity index (χ3v) is 1.11. The Labute approximate surface area is 45.1 Å². The monoisotopic (exact) mass is 119 g/mol. The van der Waals surface area contributed by atoms with E-state index in [1.165, 1.54) is 10.7 Å². The van der Waals surface area contributed by atoms with E-state index in [1.807, 2.05) is 0 Å². The van der Waals surface area contributed by atoms with Crippen molar-refractivity contribution in [3.63, 3.8) is 0 Å². The lowest BCUT2D eigenvalue weighted by molar-refractivity contribution is 0.439. The van der Waals surface area contributed by atoms with Crippen molar-refractivity contribution < 1.29 is 5.11 Å². The van der Waals surface area contributed by atoms with E-state index in [1.54, 1.807) is 0 Å². The molecule has 0 saturated heterocycles. The molecule has 1 rings (SSSR count). The maximum absolute atomic E-state index is 8.54. The fourth-order valence-corrected chi connectivity index (χ4v) is 0.685. The molecule has 0 atom stereocenters. The Morgan fingerprint density at radius 2 is 2.71 bits per heavy atom. The fraction of sp³-hybridized carbons (Fsp3) is 0. The van der Waals surface area contributed by atoms with Crippen molar-refractivity contribution in [1.29, 1.82) is 0 Å². The van der Waals surface area contributed by atoms with Crippen LogP contribution in [0, 0.1) is 0 Å². The number of rotatable bonds is 0. The lowest BCUT2D eigenvalue weighted by atomic mass is 11.0. The maximum Gasteiger partial charge on any atom is 0.186 e. The molecule has 0 radical (unpaired) electrons. The highest BCUT2D eigenvalue weighted by molar-refractivity contribution is 8.00. The number of nitrogens with zero attached hydrogens (tertiary/aromatic N) is 1. The van der Waals surface area contributed by atoms with Gasteiger partial charge < -0.3 is 5.11 Å². The second-order valence-electron chi connectivity index (χ2n) is 1.03. The van der Waals surface area contributed by atoms with Gasteiger partial charge in [0, 0.05) is 11.9 Å². The molecule has 7 heavy (non-hydrogen) atoms. The molecule has 0 saturated carbocycles. The van der Waals surface area contributed by atoms with Crippen LogP contribution in [0.3, 0.4) is 0 Å². The summed E-state index contributed by atoms with van der Waals surface area (Å²) in [6, 6.07) is 0. The van der Waals surface area contributed by atoms with Crippen molar-refractivity contribution in [1.82, 2.24) is 9.95 Å². The molecular formula is C2H5N3OS. The molecule has 0 fully saturated rings. The summed E-state index contributed by atoms with van der Waals surface area (Å²) in [6.45, 7) is 0. The fourth-order valence-electron chi connectivity index (χ4n) is 0.272. The van der Waals surface area contributed by atoms with Crippen LogP contribution in [0.2, 0.25) is 0 Å². The molecule has 4 nitrogen and oxygen atoms in total. The third kappa shape index (κ3) is 0.986. The molecule has 0 bridgehead atoms. The lowest BCUT2D eigenvalue weighted by Crippen LogP contribution is -2.30. The molecule has 40 valence electrons. The Morgan fingerprint density at radius 1 is 2.00 bits per heavy atom. The first-order valence-corrected chi connectivity index (χ1v) is 2.44. The Hall–Kier alpha value is -0.390. The van der Waals surface area contributed by atoms with Crippen LogP contribution < -0.4 is 11.3 Å². The van der Waals surface area contributed by atoms with Gasteiger partial charge in [0.2, 0.25) is 0 Å². The molecule has 0 aliphatic carbocycles. The average Bonchev–Trinajstić information content (AvgIpc) is 1.87. The number of hydrazine groups is 2. The summed E-state index contributed by atoms with van der Waals surface area (Å²) in [5.41, 5.74) is 2.53. The topological polar surface area (TPSA) is 61.5 Å². The van der Waals surface area contributed by atoms with Crippen LogP contribution in [-0.4, -0.2) is 9.63 Å². The molecule has 0 aromatic rings. The van der Waals surface area contributed by atoms with Gasteiger partial charge in [-0.25, -0.2) is 5.84 Å². The highest BCUT2D eigenvalue weighted by atomic mass is 32.2. The minimum Gasteiger partial charge on any atom is -0.500 e. The number of aliphatic hydroxyl groups is 1. The van der Waals surface area contributed by atoms with Gasteiger partial charge in [-0.15, -0.1) is 0 Å². The number of nitrogens with one attached hydrogen (secondary N) is 1. The second-order valence-corrected chi connectivity index (χ2v) is 2.02. The molecule has 1 aliphatic heterocycles. The minimum absolute atomic E-state index is 0.183. The Bertz CT molecular complexity index is 103.